The fraction of sp³-hybridized carbons (Fsp3) is 0.545. The highest BCUT2D eigenvalue weighted by Gasteiger charge is 2.50. The first-order chi connectivity index (χ1) is 7.94. The molecule has 1 heterocycles. The molecule has 0 saturated heterocycles. The first kappa shape index (κ1) is 12.0. The summed E-state index contributed by atoms with van der Waals surface area (Å²) in [4.78, 5) is 27.8. The highest BCUT2D eigenvalue weighted by molar-refractivity contribution is 7.11. The van der Waals surface area contributed by atoms with Gasteiger partial charge >= 0.3 is 5.97 Å². The van der Waals surface area contributed by atoms with Crippen LogP contribution >= 0.6 is 11.3 Å². The molecule has 1 amide bonds. The highest BCUT2D eigenvalue weighted by atomic mass is 32.1. The number of aromatic nitrogens is 1. The smallest absolute Gasteiger partial charge is 0.311 e. The molecule has 0 spiro atoms. The first-order valence-corrected chi connectivity index (χ1v) is 6.22. The standard InChI is InChI=1S/C11H14N2O3S/c1-6-8(13-7(2)17-6)9(14)12-5-11(3-4-11)10(15)16/h3-5H2,1-2H3,(H,12,14)(H,15,16). The molecule has 6 heteroatoms. The summed E-state index contributed by atoms with van der Waals surface area (Å²) in [5, 5.41) is 12.5. The number of aryl methyl sites for hydroxylation is 2. The minimum absolute atomic E-state index is 0.192. The van der Waals surface area contributed by atoms with Crippen molar-refractivity contribution in [2.75, 3.05) is 6.54 Å². The number of hydrogen-bond acceptors (Lipinski definition) is 4. The Morgan fingerprint density at radius 1 is 1.47 bits per heavy atom. The topological polar surface area (TPSA) is 79.3 Å². The van der Waals surface area contributed by atoms with Crippen LogP contribution in [0.25, 0.3) is 0 Å². The van der Waals surface area contributed by atoms with Gasteiger partial charge in [-0.15, -0.1) is 11.3 Å². The van der Waals surface area contributed by atoms with Gasteiger partial charge in [0.2, 0.25) is 0 Å². The quantitative estimate of drug-likeness (QED) is 0.850. The zero-order valence-electron chi connectivity index (χ0n) is 9.74. The van der Waals surface area contributed by atoms with E-state index in [2.05, 4.69) is 10.3 Å². The monoisotopic (exact) mass is 254 g/mol. The number of nitrogens with one attached hydrogen (secondary N) is 1. The molecule has 0 bridgehead atoms. The van der Waals surface area contributed by atoms with E-state index in [9.17, 15) is 9.59 Å². The number of amides is 1. The second-order valence-corrected chi connectivity index (χ2v) is 5.81. The van der Waals surface area contributed by atoms with Crippen molar-refractivity contribution in [3.8, 4) is 0 Å². The fourth-order valence-electron chi connectivity index (χ4n) is 1.69. The van der Waals surface area contributed by atoms with E-state index in [-0.39, 0.29) is 12.5 Å². The van der Waals surface area contributed by atoms with Gasteiger partial charge in [0, 0.05) is 11.4 Å². The molecule has 1 aromatic rings. The Kier molecular flexibility index (Phi) is 2.91. The molecule has 0 aromatic carbocycles. The molecule has 0 aliphatic heterocycles. The van der Waals surface area contributed by atoms with E-state index in [4.69, 9.17) is 5.11 Å². The lowest BCUT2D eigenvalue weighted by Gasteiger charge is -2.10. The van der Waals surface area contributed by atoms with Crippen molar-refractivity contribution in [1.82, 2.24) is 10.3 Å². The average molecular weight is 254 g/mol. The maximum atomic E-state index is 11.8. The Bertz CT molecular complexity index is 477. The summed E-state index contributed by atoms with van der Waals surface area (Å²) >= 11 is 1.46. The Hall–Kier alpha value is -1.43. The third-order valence-electron chi connectivity index (χ3n) is 3.01. The largest absolute Gasteiger partial charge is 0.481 e. The normalized spacial score (nSPS) is 16.6. The number of nitrogens with zero attached hydrogens (tertiary/aromatic N) is 1. The van der Waals surface area contributed by atoms with Gasteiger partial charge in [-0.25, -0.2) is 4.98 Å². The molecule has 0 radical (unpaired) electrons. The van der Waals surface area contributed by atoms with E-state index < -0.39 is 11.4 Å². The number of carbonyl (C=O) groups excluding carboxylic acids is 1. The average Bonchev–Trinajstić information content (AvgIpc) is 2.97. The van der Waals surface area contributed by atoms with Crippen LogP contribution in [-0.4, -0.2) is 28.5 Å². The summed E-state index contributed by atoms with van der Waals surface area (Å²) in [7, 11) is 0. The Morgan fingerprint density at radius 2 is 2.12 bits per heavy atom. The van der Waals surface area contributed by atoms with Crippen molar-refractivity contribution in [1.29, 1.82) is 0 Å². The Morgan fingerprint density at radius 3 is 2.53 bits per heavy atom. The van der Waals surface area contributed by atoms with Gasteiger partial charge in [-0.1, -0.05) is 0 Å². The lowest BCUT2D eigenvalue weighted by atomic mass is 10.1. The van der Waals surface area contributed by atoms with Crippen LogP contribution in [-0.2, 0) is 4.79 Å². The van der Waals surface area contributed by atoms with Gasteiger partial charge in [0.15, 0.2) is 0 Å². The van der Waals surface area contributed by atoms with E-state index in [1.807, 2.05) is 13.8 Å². The van der Waals surface area contributed by atoms with Crippen LogP contribution in [0.1, 0.15) is 33.2 Å². The summed E-state index contributed by atoms with van der Waals surface area (Å²) in [5.41, 5.74) is -0.317. The second kappa shape index (κ2) is 4.10. The molecular formula is C11H14N2O3S. The first-order valence-electron chi connectivity index (χ1n) is 5.40. The maximum absolute atomic E-state index is 11.8. The van der Waals surface area contributed by atoms with Gasteiger partial charge in [-0.05, 0) is 26.7 Å². The van der Waals surface area contributed by atoms with Crippen LogP contribution in [0, 0.1) is 19.3 Å². The van der Waals surface area contributed by atoms with Gasteiger partial charge in [0.25, 0.3) is 5.91 Å². The summed E-state index contributed by atoms with van der Waals surface area (Å²) in [6.07, 6.45) is 1.27. The van der Waals surface area contributed by atoms with Gasteiger partial charge in [0.1, 0.15) is 5.69 Å². The van der Waals surface area contributed by atoms with Gasteiger partial charge in [0.05, 0.1) is 10.4 Å². The summed E-state index contributed by atoms with van der Waals surface area (Å²) < 4.78 is 0. The van der Waals surface area contributed by atoms with Crippen molar-refractivity contribution in [3.63, 3.8) is 0 Å². The van der Waals surface area contributed by atoms with Gasteiger partial charge in [-0.3, -0.25) is 9.59 Å². The van der Waals surface area contributed by atoms with Gasteiger partial charge in [-0.2, -0.15) is 0 Å². The van der Waals surface area contributed by atoms with E-state index in [1.54, 1.807) is 0 Å². The molecule has 1 fully saturated rings. The number of carbonyl (C=O) groups is 2. The predicted octanol–water partition coefficient (Wildman–Crippen LogP) is 1.35. The molecule has 1 aliphatic rings. The lowest BCUT2D eigenvalue weighted by Crippen LogP contribution is -2.34. The Labute approximate surface area is 103 Å². The lowest BCUT2D eigenvalue weighted by molar-refractivity contribution is -0.143. The maximum Gasteiger partial charge on any atom is 0.311 e. The summed E-state index contributed by atoms with van der Waals surface area (Å²) in [5.74, 6) is -1.11. The van der Waals surface area contributed by atoms with Crippen molar-refractivity contribution >= 4 is 23.2 Å². The molecular weight excluding hydrogens is 240 g/mol. The number of carboxylic acids is 1. The van der Waals surface area contributed by atoms with E-state index in [0.717, 1.165) is 9.88 Å². The third kappa shape index (κ3) is 2.31. The molecule has 2 N–H and O–H groups in total. The summed E-state index contributed by atoms with van der Waals surface area (Å²) in [6.45, 7) is 3.87. The molecule has 2 rings (SSSR count). The zero-order valence-corrected chi connectivity index (χ0v) is 10.6. The van der Waals surface area contributed by atoms with Gasteiger partial charge < -0.3 is 10.4 Å². The number of aliphatic carboxylic acids is 1. The van der Waals surface area contributed by atoms with E-state index in [1.165, 1.54) is 11.3 Å². The van der Waals surface area contributed by atoms with Crippen LogP contribution in [0.2, 0.25) is 0 Å². The minimum atomic E-state index is -0.830. The third-order valence-corrected chi connectivity index (χ3v) is 3.90. The molecule has 17 heavy (non-hydrogen) atoms. The SMILES string of the molecule is Cc1nc(C(=O)NCC2(C(=O)O)CC2)c(C)s1. The molecule has 1 aromatic heterocycles. The number of thiazole rings is 1. The molecule has 92 valence electrons. The molecule has 0 atom stereocenters. The predicted molar refractivity (Wildman–Crippen MR) is 63.2 cm³/mol. The summed E-state index contributed by atoms with van der Waals surface area (Å²) in [6, 6.07) is 0. The molecule has 0 unspecified atom stereocenters. The number of carboxylic acid groups (broad SMARTS) is 1. The number of hydrogen-bond donors (Lipinski definition) is 2. The minimum Gasteiger partial charge on any atom is -0.481 e. The second-order valence-electron chi connectivity index (χ2n) is 4.41. The molecule has 5 nitrogen and oxygen atoms in total. The highest BCUT2D eigenvalue weighted by Crippen LogP contribution is 2.45. The molecule has 1 saturated carbocycles. The van der Waals surface area contributed by atoms with Crippen molar-refractivity contribution in [2.24, 2.45) is 5.41 Å². The Balaban J connectivity index is 1.99. The van der Waals surface area contributed by atoms with Crippen LogP contribution in [0.4, 0.5) is 0 Å². The van der Waals surface area contributed by atoms with Crippen molar-refractivity contribution in [3.05, 3.63) is 15.6 Å². The number of rotatable bonds is 4. The van der Waals surface area contributed by atoms with Crippen molar-refractivity contribution in [2.45, 2.75) is 26.7 Å². The van der Waals surface area contributed by atoms with E-state index >= 15 is 0 Å². The van der Waals surface area contributed by atoms with Crippen LogP contribution in [0.15, 0.2) is 0 Å². The van der Waals surface area contributed by atoms with E-state index in [0.29, 0.717) is 18.5 Å². The van der Waals surface area contributed by atoms with Crippen LogP contribution < -0.4 is 5.32 Å². The fourth-order valence-corrected chi connectivity index (χ4v) is 2.50. The zero-order chi connectivity index (χ0) is 12.6. The van der Waals surface area contributed by atoms with Crippen LogP contribution in [0.3, 0.4) is 0 Å². The van der Waals surface area contributed by atoms with Crippen LogP contribution in [0.5, 0.6) is 0 Å². The van der Waals surface area contributed by atoms with Crippen molar-refractivity contribution < 1.29 is 14.7 Å². The molecule has 1 aliphatic carbocycles.